The number of sulfonamides is 1. The highest BCUT2D eigenvalue weighted by Crippen LogP contribution is 2.43. The van der Waals surface area contributed by atoms with Crippen LogP contribution in [-0.2, 0) is 27.3 Å². The van der Waals surface area contributed by atoms with E-state index in [0.717, 1.165) is 31.5 Å². The van der Waals surface area contributed by atoms with Crippen molar-refractivity contribution < 1.29 is 26.5 Å². The standard InChI is InChI=1S/C32H38F2N4O4S/c1-5-7-14-28-35-31(17-10-11-18-31)30(39)38(28)20-23-15-16-24(26(19-23)32(33,34)6-2)25-12-8-9-13-27(25)43(40,41)37-29-21(3)22(4)42-36-29/h8-9,12-13,15-16,19H,5-7,10-11,14,17-18,20H2,1-4H3,(H,36,37). The number of carbonyl (C=O) groups is 1. The first-order chi connectivity index (χ1) is 20.4. The highest BCUT2D eigenvalue weighted by molar-refractivity contribution is 7.92. The number of alkyl halides is 2. The second-order valence-electron chi connectivity index (χ2n) is 11.5. The number of halogens is 2. The van der Waals surface area contributed by atoms with E-state index in [1.54, 1.807) is 36.9 Å². The van der Waals surface area contributed by atoms with Crippen LogP contribution in [0, 0.1) is 13.8 Å². The number of unbranched alkanes of at least 4 members (excludes halogenated alkanes) is 1. The van der Waals surface area contributed by atoms with E-state index in [-0.39, 0.29) is 39.9 Å². The summed E-state index contributed by atoms with van der Waals surface area (Å²) in [6.45, 7) is 6.93. The number of rotatable bonds is 11. The number of nitrogens with one attached hydrogen (secondary N) is 1. The minimum atomic E-state index is -4.22. The monoisotopic (exact) mass is 612 g/mol. The van der Waals surface area contributed by atoms with Gasteiger partial charge in [-0.15, -0.1) is 0 Å². The fourth-order valence-electron chi connectivity index (χ4n) is 5.92. The van der Waals surface area contributed by atoms with Crippen molar-refractivity contribution in [1.82, 2.24) is 10.1 Å². The molecule has 0 unspecified atom stereocenters. The van der Waals surface area contributed by atoms with Gasteiger partial charge in [0.2, 0.25) is 0 Å². The minimum Gasteiger partial charge on any atom is -0.359 e. The molecule has 1 aliphatic heterocycles. The maximum absolute atomic E-state index is 15.6. The number of hydrogen-bond acceptors (Lipinski definition) is 6. The number of amides is 1. The first-order valence-electron chi connectivity index (χ1n) is 14.9. The molecule has 230 valence electrons. The molecular formula is C32H38F2N4O4S. The molecule has 1 saturated carbocycles. The third-order valence-corrected chi connectivity index (χ3v) is 10.00. The van der Waals surface area contributed by atoms with Crippen LogP contribution in [0.3, 0.4) is 0 Å². The normalized spacial score (nSPS) is 16.7. The van der Waals surface area contributed by atoms with E-state index in [1.165, 1.54) is 31.2 Å². The third kappa shape index (κ3) is 5.83. The summed E-state index contributed by atoms with van der Waals surface area (Å²) in [5, 5.41) is 3.79. The van der Waals surface area contributed by atoms with Gasteiger partial charge in [-0.2, -0.15) is 0 Å². The summed E-state index contributed by atoms with van der Waals surface area (Å²) >= 11 is 0. The minimum absolute atomic E-state index is 0.0395. The van der Waals surface area contributed by atoms with E-state index in [9.17, 15) is 13.2 Å². The average molecular weight is 613 g/mol. The van der Waals surface area contributed by atoms with E-state index < -0.39 is 27.9 Å². The lowest BCUT2D eigenvalue weighted by atomic mass is 9.92. The molecule has 2 heterocycles. The molecule has 11 heteroatoms. The molecule has 43 heavy (non-hydrogen) atoms. The van der Waals surface area contributed by atoms with Gasteiger partial charge in [0.05, 0.1) is 11.4 Å². The van der Waals surface area contributed by atoms with Gasteiger partial charge in [-0.25, -0.2) is 17.2 Å². The van der Waals surface area contributed by atoms with Crippen molar-refractivity contribution in [2.24, 2.45) is 4.99 Å². The van der Waals surface area contributed by atoms with Gasteiger partial charge >= 0.3 is 0 Å². The zero-order chi connectivity index (χ0) is 31.0. The quantitative estimate of drug-likeness (QED) is 0.241. The molecule has 0 bridgehead atoms. The van der Waals surface area contributed by atoms with E-state index in [2.05, 4.69) is 16.8 Å². The van der Waals surface area contributed by atoms with E-state index in [0.29, 0.717) is 36.1 Å². The topological polar surface area (TPSA) is 105 Å². The summed E-state index contributed by atoms with van der Waals surface area (Å²) in [4.78, 5) is 20.1. The Bertz CT molecular complexity index is 1660. The highest BCUT2D eigenvalue weighted by atomic mass is 32.2. The van der Waals surface area contributed by atoms with Gasteiger partial charge in [0.25, 0.3) is 21.9 Å². The number of amidine groups is 1. The largest absolute Gasteiger partial charge is 0.359 e. The van der Waals surface area contributed by atoms with Crippen molar-refractivity contribution in [2.45, 2.75) is 102 Å². The van der Waals surface area contributed by atoms with E-state index >= 15 is 8.78 Å². The van der Waals surface area contributed by atoms with Gasteiger partial charge in [0.1, 0.15) is 17.1 Å². The molecule has 1 N–H and O–H groups in total. The maximum Gasteiger partial charge on any atom is 0.273 e. The van der Waals surface area contributed by atoms with Gasteiger partial charge in [-0.05, 0) is 56.4 Å². The molecule has 8 nitrogen and oxygen atoms in total. The van der Waals surface area contributed by atoms with Gasteiger partial charge in [0.15, 0.2) is 5.82 Å². The summed E-state index contributed by atoms with van der Waals surface area (Å²) in [5.74, 6) is -2.08. The number of anilines is 1. The smallest absolute Gasteiger partial charge is 0.273 e. The first kappa shape index (κ1) is 30.8. The fraction of sp³-hybridized carbons (Fsp3) is 0.469. The summed E-state index contributed by atoms with van der Waals surface area (Å²) in [7, 11) is -4.22. The van der Waals surface area contributed by atoms with Crippen molar-refractivity contribution >= 4 is 27.6 Å². The molecule has 0 atom stereocenters. The number of aliphatic imine (C=N–C) groups is 1. The van der Waals surface area contributed by atoms with Crippen LogP contribution in [0.1, 0.15) is 87.7 Å². The Morgan fingerprint density at radius 1 is 1.07 bits per heavy atom. The molecule has 0 radical (unpaired) electrons. The van der Waals surface area contributed by atoms with Gasteiger partial charge in [0, 0.05) is 29.5 Å². The Morgan fingerprint density at radius 3 is 2.44 bits per heavy atom. The summed E-state index contributed by atoms with van der Waals surface area (Å²) < 4.78 is 65.8. The summed E-state index contributed by atoms with van der Waals surface area (Å²) in [6.07, 6.45) is 5.31. The molecule has 2 aromatic carbocycles. The molecule has 2 aliphatic rings. The second kappa shape index (κ2) is 11.8. The average Bonchev–Trinajstić information content (AvgIpc) is 3.67. The predicted molar refractivity (Wildman–Crippen MR) is 162 cm³/mol. The number of benzene rings is 2. The molecule has 5 rings (SSSR count). The Morgan fingerprint density at radius 2 is 1.79 bits per heavy atom. The van der Waals surface area contributed by atoms with E-state index in [1.807, 2.05) is 0 Å². The number of hydrogen-bond donors (Lipinski definition) is 1. The van der Waals surface area contributed by atoms with Crippen molar-refractivity contribution in [2.75, 3.05) is 4.72 Å². The SMILES string of the molecule is CCCCC1=NC2(CCCC2)C(=O)N1Cc1ccc(-c2ccccc2S(=O)(=O)Nc2noc(C)c2C)c(C(F)(F)CC)c1. The molecule has 1 aliphatic carbocycles. The number of aromatic nitrogens is 1. The zero-order valence-electron chi connectivity index (χ0n) is 25.0. The zero-order valence-corrected chi connectivity index (χ0v) is 25.9. The molecule has 1 amide bonds. The van der Waals surface area contributed by atoms with Gasteiger partial charge in [-0.3, -0.25) is 19.4 Å². The van der Waals surface area contributed by atoms with Crippen LogP contribution >= 0.6 is 0 Å². The van der Waals surface area contributed by atoms with E-state index in [4.69, 9.17) is 9.52 Å². The maximum atomic E-state index is 15.6. The fourth-order valence-corrected chi connectivity index (χ4v) is 7.20. The van der Waals surface area contributed by atoms with Crippen LogP contribution in [0.4, 0.5) is 14.6 Å². The molecule has 3 aromatic rings. The highest BCUT2D eigenvalue weighted by Gasteiger charge is 2.49. The van der Waals surface area contributed by atoms with Crippen LogP contribution in [0.2, 0.25) is 0 Å². The third-order valence-electron chi connectivity index (χ3n) is 8.60. The van der Waals surface area contributed by atoms with Crippen LogP contribution in [-0.4, -0.2) is 35.8 Å². The number of aryl methyl sites for hydroxylation is 1. The second-order valence-corrected chi connectivity index (χ2v) is 13.2. The van der Waals surface area contributed by atoms with Crippen molar-refractivity contribution in [3.63, 3.8) is 0 Å². The summed E-state index contributed by atoms with van der Waals surface area (Å²) in [6, 6.07) is 10.7. The van der Waals surface area contributed by atoms with Crippen LogP contribution in [0.25, 0.3) is 11.1 Å². The Kier molecular flexibility index (Phi) is 8.48. The van der Waals surface area contributed by atoms with Crippen molar-refractivity contribution in [3.8, 4) is 11.1 Å². The molecule has 1 spiro atoms. The van der Waals surface area contributed by atoms with Crippen LogP contribution in [0.5, 0.6) is 0 Å². The van der Waals surface area contributed by atoms with Crippen LogP contribution < -0.4 is 4.72 Å². The molecule has 0 saturated heterocycles. The first-order valence-corrected chi connectivity index (χ1v) is 16.4. The lowest BCUT2D eigenvalue weighted by molar-refractivity contribution is -0.131. The lowest BCUT2D eigenvalue weighted by Gasteiger charge is -2.25. The molecule has 1 fully saturated rings. The van der Waals surface area contributed by atoms with Gasteiger partial charge in [-0.1, -0.05) is 68.6 Å². The predicted octanol–water partition coefficient (Wildman–Crippen LogP) is 7.50. The number of carbonyl (C=O) groups excluding carboxylic acids is 1. The van der Waals surface area contributed by atoms with Crippen molar-refractivity contribution in [3.05, 3.63) is 64.9 Å². The Balaban J connectivity index is 1.54. The Labute approximate surface area is 251 Å². The molecule has 1 aromatic heterocycles. The van der Waals surface area contributed by atoms with Gasteiger partial charge < -0.3 is 4.52 Å². The Hall–Kier alpha value is -3.60. The van der Waals surface area contributed by atoms with Crippen LogP contribution in [0.15, 0.2) is 56.9 Å². The summed E-state index contributed by atoms with van der Waals surface area (Å²) in [5.41, 5.74) is 0.283. The lowest BCUT2D eigenvalue weighted by Crippen LogP contribution is -2.40. The number of nitrogens with zero attached hydrogens (tertiary/aromatic N) is 3. The molecular weight excluding hydrogens is 574 g/mol. The van der Waals surface area contributed by atoms with Crippen molar-refractivity contribution in [1.29, 1.82) is 0 Å².